The summed E-state index contributed by atoms with van der Waals surface area (Å²) in [4.78, 5) is 8.10. The molecule has 0 saturated carbocycles. The molecule has 1 heterocycles. The molecule has 88 valence electrons. The van der Waals surface area contributed by atoms with Crippen molar-refractivity contribution in [2.45, 2.75) is 20.5 Å². The minimum atomic E-state index is 0.400. The molecule has 1 aromatic carbocycles. The summed E-state index contributed by atoms with van der Waals surface area (Å²) in [5.74, 6) is 1.30. The van der Waals surface area contributed by atoms with Gasteiger partial charge in [-0.15, -0.1) is 0 Å². The van der Waals surface area contributed by atoms with E-state index in [2.05, 4.69) is 23.0 Å². The number of aromatic nitrogens is 2. The van der Waals surface area contributed by atoms with E-state index in [1.807, 2.05) is 19.1 Å². The van der Waals surface area contributed by atoms with Crippen molar-refractivity contribution in [2.24, 2.45) is 0 Å². The van der Waals surface area contributed by atoms with Crippen LogP contribution in [-0.4, -0.2) is 9.97 Å². The maximum Gasteiger partial charge on any atom is 0.141 e. The van der Waals surface area contributed by atoms with Crippen LogP contribution >= 0.6 is 0 Å². The Morgan fingerprint density at radius 2 is 2.00 bits per heavy atom. The second-order valence-corrected chi connectivity index (χ2v) is 3.92. The summed E-state index contributed by atoms with van der Waals surface area (Å²) in [7, 11) is 0. The summed E-state index contributed by atoms with van der Waals surface area (Å²) in [6.07, 6.45) is 3.16. The van der Waals surface area contributed by atoms with Crippen molar-refractivity contribution in [1.29, 1.82) is 0 Å². The Labute approximate surface area is 100 Å². The van der Waals surface area contributed by atoms with Gasteiger partial charge in [-0.25, -0.2) is 4.98 Å². The van der Waals surface area contributed by atoms with Gasteiger partial charge in [-0.2, -0.15) is 0 Å². The third-order valence-electron chi connectivity index (χ3n) is 2.66. The van der Waals surface area contributed by atoms with E-state index in [4.69, 9.17) is 10.5 Å². The molecule has 0 fully saturated rings. The molecule has 0 radical (unpaired) electrons. The van der Waals surface area contributed by atoms with Crippen molar-refractivity contribution in [1.82, 2.24) is 9.97 Å². The molecule has 4 nitrogen and oxygen atoms in total. The minimum Gasteiger partial charge on any atom is -0.487 e. The number of benzene rings is 1. The lowest BCUT2D eigenvalue weighted by Crippen LogP contribution is -2.02. The number of ether oxygens (including phenoxy) is 1. The van der Waals surface area contributed by atoms with E-state index in [0.717, 1.165) is 17.0 Å². The van der Waals surface area contributed by atoms with Crippen LogP contribution in [0.15, 0.2) is 30.6 Å². The average Bonchev–Trinajstić information content (AvgIpc) is 2.33. The van der Waals surface area contributed by atoms with Crippen LogP contribution in [0.1, 0.15) is 16.8 Å². The number of hydrogen-bond acceptors (Lipinski definition) is 4. The first-order valence-corrected chi connectivity index (χ1v) is 5.42. The van der Waals surface area contributed by atoms with Crippen molar-refractivity contribution in [3.8, 4) is 5.75 Å². The van der Waals surface area contributed by atoms with E-state index in [-0.39, 0.29) is 0 Å². The van der Waals surface area contributed by atoms with E-state index in [9.17, 15) is 0 Å². The summed E-state index contributed by atoms with van der Waals surface area (Å²) in [5, 5.41) is 0. The predicted octanol–water partition coefficient (Wildman–Crippen LogP) is 2.25. The molecular weight excluding hydrogens is 214 g/mol. The van der Waals surface area contributed by atoms with Gasteiger partial charge in [0, 0.05) is 0 Å². The Balaban J connectivity index is 2.07. The SMILES string of the molecule is Cc1cccc(OCc2cnc(N)cn2)c1C. The average molecular weight is 229 g/mol. The van der Waals surface area contributed by atoms with Gasteiger partial charge in [-0.3, -0.25) is 4.98 Å². The highest BCUT2D eigenvalue weighted by atomic mass is 16.5. The van der Waals surface area contributed by atoms with Crippen molar-refractivity contribution in [2.75, 3.05) is 5.73 Å². The third-order valence-corrected chi connectivity index (χ3v) is 2.66. The second kappa shape index (κ2) is 4.82. The van der Waals surface area contributed by atoms with Crippen LogP contribution < -0.4 is 10.5 Å². The highest BCUT2D eigenvalue weighted by molar-refractivity contribution is 5.38. The van der Waals surface area contributed by atoms with Crippen LogP contribution in [0.3, 0.4) is 0 Å². The summed E-state index contributed by atoms with van der Waals surface area (Å²) >= 11 is 0. The maximum atomic E-state index is 5.70. The molecule has 0 amide bonds. The van der Waals surface area contributed by atoms with Crippen molar-refractivity contribution < 1.29 is 4.74 Å². The minimum absolute atomic E-state index is 0.400. The van der Waals surface area contributed by atoms with E-state index < -0.39 is 0 Å². The standard InChI is InChI=1S/C13H15N3O/c1-9-4-3-5-12(10(9)2)17-8-11-6-16-13(14)7-15-11/h3-7H,8H2,1-2H3,(H2,14,16). The predicted molar refractivity (Wildman–Crippen MR) is 66.7 cm³/mol. The van der Waals surface area contributed by atoms with Gasteiger partial charge in [0.2, 0.25) is 0 Å². The summed E-state index contributed by atoms with van der Waals surface area (Å²) in [6, 6.07) is 5.99. The van der Waals surface area contributed by atoms with Gasteiger partial charge in [0.15, 0.2) is 0 Å². The number of nitrogens with two attached hydrogens (primary N) is 1. The highest BCUT2D eigenvalue weighted by Gasteiger charge is 2.02. The molecular formula is C13H15N3O. The Morgan fingerprint density at radius 3 is 2.71 bits per heavy atom. The fourth-order valence-corrected chi connectivity index (χ4v) is 1.47. The number of anilines is 1. The molecule has 0 aliphatic rings. The van der Waals surface area contributed by atoms with Gasteiger partial charge >= 0.3 is 0 Å². The van der Waals surface area contributed by atoms with E-state index in [1.165, 1.54) is 11.8 Å². The molecule has 0 bridgehead atoms. The molecule has 4 heteroatoms. The van der Waals surface area contributed by atoms with Crippen LogP contribution in [-0.2, 0) is 6.61 Å². The number of nitrogen functional groups attached to an aromatic ring is 1. The van der Waals surface area contributed by atoms with E-state index >= 15 is 0 Å². The molecule has 0 saturated heterocycles. The van der Waals surface area contributed by atoms with Crippen LogP contribution in [0.2, 0.25) is 0 Å². The smallest absolute Gasteiger partial charge is 0.141 e. The first kappa shape index (κ1) is 11.4. The lowest BCUT2D eigenvalue weighted by molar-refractivity contribution is 0.298. The molecule has 17 heavy (non-hydrogen) atoms. The van der Waals surface area contributed by atoms with Gasteiger partial charge in [0.1, 0.15) is 18.2 Å². The first-order chi connectivity index (χ1) is 8.16. The fraction of sp³-hybridized carbons (Fsp3) is 0.231. The zero-order valence-electron chi connectivity index (χ0n) is 9.97. The zero-order chi connectivity index (χ0) is 12.3. The molecule has 1 aromatic heterocycles. The Hall–Kier alpha value is -2.10. The molecule has 2 N–H and O–H groups in total. The Kier molecular flexibility index (Phi) is 3.23. The monoisotopic (exact) mass is 229 g/mol. The number of aryl methyl sites for hydroxylation is 1. The summed E-state index contributed by atoms with van der Waals surface area (Å²) in [5.41, 5.74) is 8.59. The van der Waals surface area contributed by atoms with Gasteiger partial charge in [0.05, 0.1) is 18.1 Å². The quantitative estimate of drug-likeness (QED) is 0.876. The normalized spacial score (nSPS) is 10.2. The number of hydrogen-bond donors (Lipinski definition) is 1. The fourth-order valence-electron chi connectivity index (χ4n) is 1.47. The molecule has 0 atom stereocenters. The first-order valence-electron chi connectivity index (χ1n) is 5.42. The summed E-state index contributed by atoms with van der Waals surface area (Å²) in [6.45, 7) is 4.50. The largest absolute Gasteiger partial charge is 0.487 e. The topological polar surface area (TPSA) is 61.0 Å². The van der Waals surface area contributed by atoms with Gasteiger partial charge in [0.25, 0.3) is 0 Å². The van der Waals surface area contributed by atoms with E-state index in [0.29, 0.717) is 12.4 Å². The molecule has 0 aliphatic heterocycles. The van der Waals surface area contributed by atoms with Crippen LogP contribution in [0.5, 0.6) is 5.75 Å². The molecule has 2 rings (SSSR count). The lowest BCUT2D eigenvalue weighted by atomic mass is 10.1. The highest BCUT2D eigenvalue weighted by Crippen LogP contribution is 2.21. The Bertz CT molecular complexity index is 509. The van der Waals surface area contributed by atoms with Gasteiger partial charge in [-0.05, 0) is 31.0 Å². The number of nitrogens with zero attached hydrogens (tertiary/aromatic N) is 2. The lowest BCUT2D eigenvalue weighted by Gasteiger charge is -2.10. The maximum absolute atomic E-state index is 5.70. The van der Waals surface area contributed by atoms with Crippen LogP contribution in [0.4, 0.5) is 5.82 Å². The molecule has 2 aromatic rings. The van der Waals surface area contributed by atoms with Crippen LogP contribution in [0, 0.1) is 13.8 Å². The molecule has 0 aliphatic carbocycles. The van der Waals surface area contributed by atoms with Crippen molar-refractivity contribution >= 4 is 5.82 Å². The van der Waals surface area contributed by atoms with Gasteiger partial charge < -0.3 is 10.5 Å². The van der Waals surface area contributed by atoms with Gasteiger partial charge in [-0.1, -0.05) is 12.1 Å². The van der Waals surface area contributed by atoms with E-state index in [1.54, 1.807) is 6.20 Å². The van der Waals surface area contributed by atoms with Crippen molar-refractivity contribution in [3.05, 3.63) is 47.4 Å². The Morgan fingerprint density at radius 1 is 1.18 bits per heavy atom. The second-order valence-electron chi connectivity index (χ2n) is 3.92. The van der Waals surface area contributed by atoms with Crippen LogP contribution in [0.25, 0.3) is 0 Å². The van der Waals surface area contributed by atoms with Crippen molar-refractivity contribution in [3.63, 3.8) is 0 Å². The molecule has 0 spiro atoms. The number of rotatable bonds is 3. The zero-order valence-corrected chi connectivity index (χ0v) is 9.97. The third kappa shape index (κ3) is 2.72. The summed E-state index contributed by atoms with van der Waals surface area (Å²) < 4.78 is 5.70. The molecule has 0 unspecified atom stereocenters.